The maximum Gasteiger partial charge on any atom is 0.165 e. The van der Waals surface area contributed by atoms with Gasteiger partial charge in [-0.25, -0.2) is 14.4 Å². The van der Waals surface area contributed by atoms with Crippen molar-refractivity contribution in [2.24, 2.45) is 5.41 Å². The van der Waals surface area contributed by atoms with E-state index in [1.165, 1.54) is 6.07 Å². The number of anilines is 1. The smallest absolute Gasteiger partial charge is 0.165 e. The van der Waals surface area contributed by atoms with Gasteiger partial charge >= 0.3 is 0 Å². The predicted molar refractivity (Wildman–Crippen MR) is 136 cm³/mol. The van der Waals surface area contributed by atoms with Crippen molar-refractivity contribution < 1.29 is 18.4 Å². The molecule has 2 fully saturated rings. The van der Waals surface area contributed by atoms with Gasteiger partial charge in [0.15, 0.2) is 5.82 Å². The molecule has 2 saturated heterocycles. The van der Waals surface area contributed by atoms with Gasteiger partial charge in [-0.3, -0.25) is 0 Å². The highest BCUT2D eigenvalue weighted by Gasteiger charge is 2.45. The minimum absolute atomic E-state index is 0.269. The van der Waals surface area contributed by atoms with Crippen molar-refractivity contribution in [3.8, 4) is 28.4 Å². The average Bonchev–Trinajstić information content (AvgIpc) is 3.20. The fourth-order valence-electron chi connectivity index (χ4n) is 5.24. The Balaban J connectivity index is 1.54. The summed E-state index contributed by atoms with van der Waals surface area (Å²) in [5.41, 5.74) is 3.83. The Hall–Kier alpha value is -3.04. The van der Waals surface area contributed by atoms with Crippen LogP contribution in [-0.2, 0) is 4.74 Å². The van der Waals surface area contributed by atoms with Crippen LogP contribution in [0.15, 0.2) is 22.7 Å². The first-order valence-corrected chi connectivity index (χ1v) is 12.6. The first-order valence-electron chi connectivity index (χ1n) is 12.6. The van der Waals surface area contributed by atoms with Gasteiger partial charge in [0, 0.05) is 37.3 Å². The van der Waals surface area contributed by atoms with E-state index in [1.54, 1.807) is 12.1 Å². The van der Waals surface area contributed by atoms with Gasteiger partial charge < -0.3 is 24.2 Å². The SMILES string of the molecule is CNCCCOc1ccc(F)c(-c2nc(-c3c(C)noc3C)c(C)c(N3CC4(CCOCC4)C3)n2)c1. The summed E-state index contributed by atoms with van der Waals surface area (Å²) in [6, 6.07) is 4.76. The normalized spacial score (nSPS) is 16.9. The predicted octanol–water partition coefficient (Wildman–Crippen LogP) is 4.47. The van der Waals surface area contributed by atoms with Crippen molar-refractivity contribution in [1.29, 1.82) is 0 Å². The van der Waals surface area contributed by atoms with Crippen LogP contribution >= 0.6 is 0 Å². The molecule has 192 valence electrons. The highest BCUT2D eigenvalue weighted by atomic mass is 19.1. The molecule has 9 heteroatoms. The molecule has 2 aliphatic heterocycles. The molecule has 0 amide bonds. The van der Waals surface area contributed by atoms with E-state index in [9.17, 15) is 0 Å². The molecule has 1 N–H and O–H groups in total. The molecule has 0 bridgehead atoms. The van der Waals surface area contributed by atoms with Gasteiger partial charge in [-0.05, 0) is 71.8 Å². The number of nitrogens with one attached hydrogen (secondary N) is 1. The van der Waals surface area contributed by atoms with Crippen LogP contribution in [0, 0.1) is 32.0 Å². The van der Waals surface area contributed by atoms with Crippen molar-refractivity contribution in [1.82, 2.24) is 20.4 Å². The van der Waals surface area contributed by atoms with Crippen LogP contribution in [0.5, 0.6) is 5.75 Å². The molecule has 1 aromatic carbocycles. The van der Waals surface area contributed by atoms with E-state index in [0.717, 1.165) is 80.4 Å². The molecular formula is C27H34FN5O3. The Morgan fingerprint density at radius 2 is 1.92 bits per heavy atom. The van der Waals surface area contributed by atoms with Crippen LogP contribution < -0.4 is 15.0 Å². The Labute approximate surface area is 211 Å². The maximum atomic E-state index is 15.1. The third kappa shape index (κ3) is 4.69. The maximum absolute atomic E-state index is 15.1. The monoisotopic (exact) mass is 495 g/mol. The summed E-state index contributed by atoms with van der Waals surface area (Å²) < 4.78 is 32.0. The zero-order valence-corrected chi connectivity index (χ0v) is 21.5. The Morgan fingerprint density at radius 3 is 2.61 bits per heavy atom. The average molecular weight is 496 g/mol. The molecule has 2 aliphatic rings. The number of benzene rings is 1. The van der Waals surface area contributed by atoms with Crippen LogP contribution in [-0.4, -0.2) is 61.6 Å². The first kappa shape index (κ1) is 24.6. The zero-order valence-electron chi connectivity index (χ0n) is 21.5. The van der Waals surface area contributed by atoms with Crippen molar-refractivity contribution in [2.45, 2.75) is 40.0 Å². The summed E-state index contributed by atoms with van der Waals surface area (Å²) in [6.45, 7) is 10.6. The second-order valence-electron chi connectivity index (χ2n) is 9.96. The van der Waals surface area contributed by atoms with Crippen LogP contribution in [0.3, 0.4) is 0 Å². The van der Waals surface area contributed by atoms with Gasteiger partial charge in [0.25, 0.3) is 0 Å². The number of hydrogen-bond donors (Lipinski definition) is 1. The fourth-order valence-corrected chi connectivity index (χ4v) is 5.24. The molecule has 3 aromatic rings. The number of ether oxygens (including phenoxy) is 2. The fraction of sp³-hybridized carbons (Fsp3) is 0.519. The number of rotatable bonds is 8. The molecular weight excluding hydrogens is 461 g/mol. The molecule has 5 rings (SSSR count). The highest BCUT2D eigenvalue weighted by Crippen LogP contribution is 2.44. The quantitative estimate of drug-likeness (QED) is 0.458. The molecule has 2 aromatic heterocycles. The van der Waals surface area contributed by atoms with Gasteiger partial charge in [0.2, 0.25) is 0 Å². The van der Waals surface area contributed by atoms with Crippen molar-refractivity contribution >= 4 is 5.82 Å². The second kappa shape index (κ2) is 10.1. The van der Waals surface area contributed by atoms with Crippen molar-refractivity contribution in [2.75, 3.05) is 51.4 Å². The third-order valence-electron chi connectivity index (χ3n) is 7.31. The number of aryl methyl sites for hydroxylation is 2. The van der Waals surface area contributed by atoms with E-state index >= 15 is 4.39 Å². The summed E-state index contributed by atoms with van der Waals surface area (Å²) in [5.74, 6) is 2.04. The molecule has 0 radical (unpaired) electrons. The van der Waals surface area contributed by atoms with Crippen LogP contribution in [0.4, 0.5) is 10.2 Å². The highest BCUT2D eigenvalue weighted by molar-refractivity contribution is 5.75. The number of aromatic nitrogens is 3. The van der Waals surface area contributed by atoms with Gasteiger partial charge in [-0.1, -0.05) is 5.16 Å². The molecule has 1 spiro atoms. The molecule has 0 atom stereocenters. The first-order chi connectivity index (χ1) is 17.4. The minimum atomic E-state index is -0.387. The lowest BCUT2D eigenvalue weighted by molar-refractivity contribution is -0.000489. The van der Waals surface area contributed by atoms with Crippen LogP contribution in [0.2, 0.25) is 0 Å². The van der Waals surface area contributed by atoms with E-state index in [0.29, 0.717) is 29.5 Å². The van der Waals surface area contributed by atoms with Gasteiger partial charge in [-0.15, -0.1) is 0 Å². The molecule has 0 aliphatic carbocycles. The van der Waals surface area contributed by atoms with Gasteiger partial charge in [0.05, 0.1) is 29.1 Å². The van der Waals surface area contributed by atoms with E-state index in [-0.39, 0.29) is 11.2 Å². The standard InChI is InChI=1S/C27H34FN5O3/c1-17-24(23-18(2)32-36-19(23)3)30-25(21-14-20(6-7-22(21)28)35-11-5-10-29-4)31-26(17)33-15-27(16-33)8-12-34-13-9-27/h6-7,14,29H,5,8-13,15-16H2,1-4H3. The van der Waals surface area contributed by atoms with Crippen molar-refractivity contribution in [3.63, 3.8) is 0 Å². The number of halogens is 1. The summed E-state index contributed by atoms with van der Waals surface area (Å²) in [4.78, 5) is 12.1. The molecule has 0 saturated carbocycles. The largest absolute Gasteiger partial charge is 0.494 e. The molecule has 0 unspecified atom stereocenters. The topological polar surface area (TPSA) is 85.5 Å². The molecule has 36 heavy (non-hydrogen) atoms. The third-order valence-corrected chi connectivity index (χ3v) is 7.31. The summed E-state index contributed by atoms with van der Waals surface area (Å²) in [5, 5.41) is 7.23. The van der Waals surface area contributed by atoms with Crippen LogP contribution in [0.25, 0.3) is 22.6 Å². The van der Waals surface area contributed by atoms with E-state index in [1.807, 2.05) is 27.8 Å². The van der Waals surface area contributed by atoms with Gasteiger partial charge in [0.1, 0.15) is 23.1 Å². The lowest BCUT2D eigenvalue weighted by Crippen LogP contribution is -2.59. The summed E-state index contributed by atoms with van der Waals surface area (Å²) >= 11 is 0. The Morgan fingerprint density at radius 1 is 1.14 bits per heavy atom. The van der Waals surface area contributed by atoms with E-state index in [2.05, 4.69) is 15.4 Å². The number of nitrogens with zero attached hydrogens (tertiary/aromatic N) is 4. The zero-order chi connectivity index (χ0) is 25.3. The Kier molecular flexibility index (Phi) is 6.94. The second-order valence-corrected chi connectivity index (χ2v) is 9.96. The molecule has 8 nitrogen and oxygen atoms in total. The Bertz CT molecular complexity index is 1210. The summed E-state index contributed by atoms with van der Waals surface area (Å²) in [7, 11) is 1.90. The molecule has 4 heterocycles. The van der Waals surface area contributed by atoms with Crippen LogP contribution in [0.1, 0.15) is 36.3 Å². The van der Waals surface area contributed by atoms with E-state index in [4.69, 9.17) is 24.0 Å². The lowest BCUT2D eigenvalue weighted by atomic mass is 9.73. The lowest BCUT2D eigenvalue weighted by Gasteiger charge is -2.53. The van der Waals surface area contributed by atoms with Crippen molar-refractivity contribution in [3.05, 3.63) is 41.0 Å². The summed E-state index contributed by atoms with van der Waals surface area (Å²) in [6.07, 6.45) is 2.96. The van der Waals surface area contributed by atoms with Gasteiger partial charge in [-0.2, -0.15) is 0 Å². The minimum Gasteiger partial charge on any atom is -0.494 e. The van der Waals surface area contributed by atoms with E-state index < -0.39 is 0 Å². The number of hydrogen-bond acceptors (Lipinski definition) is 8.